The lowest BCUT2D eigenvalue weighted by molar-refractivity contribution is 0.102. The number of anilines is 1. The van der Waals surface area contributed by atoms with Gasteiger partial charge in [0, 0.05) is 17.7 Å². The Morgan fingerprint density at radius 2 is 1.83 bits per heavy atom. The molecule has 5 heteroatoms. The summed E-state index contributed by atoms with van der Waals surface area (Å²) in [6, 6.07) is 9.42. The molecule has 4 nitrogen and oxygen atoms in total. The Balaban J connectivity index is 1.58. The maximum atomic E-state index is 12.6. The van der Waals surface area contributed by atoms with Crippen molar-refractivity contribution in [2.45, 2.75) is 25.7 Å². The molecule has 1 heterocycles. The van der Waals surface area contributed by atoms with Crippen LogP contribution in [0.15, 0.2) is 30.3 Å². The fraction of sp³-hybridized carbons (Fsp3) is 0.316. The predicted octanol–water partition coefficient (Wildman–Crippen LogP) is 4.24. The van der Waals surface area contributed by atoms with Crippen molar-refractivity contribution in [3.63, 3.8) is 0 Å². The standard InChI is InChI=1S/C19H18ClNO3/c20-16-10-14(11-17-18(16)24-8-2-7-23-17)19(22)21-15-6-5-12-3-1-4-13(12)9-15/h5-6,9-11H,1-4,7-8H2,(H,21,22). The molecule has 124 valence electrons. The first kappa shape index (κ1) is 15.3. The van der Waals surface area contributed by atoms with Crippen molar-refractivity contribution in [2.75, 3.05) is 18.5 Å². The van der Waals surface area contributed by atoms with E-state index in [0.717, 1.165) is 24.9 Å². The first-order chi connectivity index (χ1) is 11.7. The molecule has 0 aromatic heterocycles. The van der Waals surface area contributed by atoms with E-state index in [2.05, 4.69) is 17.4 Å². The van der Waals surface area contributed by atoms with Crippen LogP contribution in [-0.4, -0.2) is 19.1 Å². The summed E-state index contributed by atoms with van der Waals surface area (Å²) < 4.78 is 11.2. The van der Waals surface area contributed by atoms with Gasteiger partial charge in [-0.15, -0.1) is 0 Å². The van der Waals surface area contributed by atoms with Gasteiger partial charge in [-0.3, -0.25) is 4.79 Å². The highest BCUT2D eigenvalue weighted by Crippen LogP contribution is 2.38. The highest BCUT2D eigenvalue weighted by Gasteiger charge is 2.19. The van der Waals surface area contributed by atoms with E-state index in [1.807, 2.05) is 6.07 Å². The molecule has 1 N–H and O–H groups in total. The van der Waals surface area contributed by atoms with Crippen molar-refractivity contribution in [2.24, 2.45) is 0 Å². The third-order valence-electron chi connectivity index (χ3n) is 4.42. The van der Waals surface area contributed by atoms with Crippen molar-refractivity contribution in [3.05, 3.63) is 52.0 Å². The molecule has 0 atom stereocenters. The number of carbonyl (C=O) groups is 1. The number of benzene rings is 2. The van der Waals surface area contributed by atoms with Crippen molar-refractivity contribution < 1.29 is 14.3 Å². The summed E-state index contributed by atoms with van der Waals surface area (Å²) in [5, 5.41) is 3.34. The lowest BCUT2D eigenvalue weighted by Crippen LogP contribution is -2.12. The van der Waals surface area contributed by atoms with Gasteiger partial charge in [0.2, 0.25) is 0 Å². The lowest BCUT2D eigenvalue weighted by atomic mass is 10.1. The monoisotopic (exact) mass is 343 g/mol. The minimum Gasteiger partial charge on any atom is -0.489 e. The number of nitrogens with one attached hydrogen (secondary N) is 1. The Morgan fingerprint density at radius 3 is 2.75 bits per heavy atom. The van der Waals surface area contributed by atoms with Gasteiger partial charge in [-0.25, -0.2) is 0 Å². The number of amides is 1. The van der Waals surface area contributed by atoms with Crippen LogP contribution in [0, 0.1) is 0 Å². The summed E-state index contributed by atoms with van der Waals surface area (Å²) in [6.07, 6.45) is 4.18. The summed E-state index contributed by atoms with van der Waals surface area (Å²) in [5.74, 6) is 0.841. The Morgan fingerprint density at radius 1 is 1.00 bits per heavy atom. The van der Waals surface area contributed by atoms with E-state index in [9.17, 15) is 4.79 Å². The summed E-state index contributed by atoms with van der Waals surface area (Å²) in [6.45, 7) is 1.12. The highest BCUT2D eigenvalue weighted by molar-refractivity contribution is 6.32. The molecular formula is C19H18ClNO3. The zero-order valence-electron chi connectivity index (χ0n) is 13.2. The lowest BCUT2D eigenvalue weighted by Gasteiger charge is -2.12. The van der Waals surface area contributed by atoms with Gasteiger partial charge in [-0.2, -0.15) is 0 Å². The Hall–Kier alpha value is -2.20. The molecule has 4 rings (SSSR count). The van der Waals surface area contributed by atoms with Crippen LogP contribution in [0.25, 0.3) is 0 Å². The SMILES string of the molecule is O=C(Nc1ccc2c(c1)CCC2)c1cc(Cl)c2c(c1)OCCCO2. The van der Waals surface area contributed by atoms with Crippen molar-refractivity contribution in [1.29, 1.82) is 0 Å². The zero-order chi connectivity index (χ0) is 16.5. The number of fused-ring (bicyclic) bond motifs is 2. The van der Waals surface area contributed by atoms with Crippen molar-refractivity contribution in [1.82, 2.24) is 0 Å². The number of ether oxygens (including phenoxy) is 2. The smallest absolute Gasteiger partial charge is 0.255 e. The average Bonchev–Trinajstić information content (AvgIpc) is 2.90. The van der Waals surface area contributed by atoms with E-state index in [1.54, 1.807) is 12.1 Å². The van der Waals surface area contributed by atoms with E-state index in [-0.39, 0.29) is 5.91 Å². The maximum Gasteiger partial charge on any atom is 0.255 e. The Kier molecular flexibility index (Phi) is 4.07. The highest BCUT2D eigenvalue weighted by atomic mass is 35.5. The van der Waals surface area contributed by atoms with E-state index in [0.29, 0.717) is 35.3 Å². The molecule has 0 saturated carbocycles. The minimum absolute atomic E-state index is 0.203. The molecule has 1 amide bonds. The van der Waals surface area contributed by atoms with Gasteiger partial charge in [0.25, 0.3) is 5.91 Å². The average molecular weight is 344 g/mol. The molecule has 0 fully saturated rings. The predicted molar refractivity (Wildman–Crippen MR) is 93.5 cm³/mol. The van der Waals surface area contributed by atoms with Crippen LogP contribution >= 0.6 is 11.6 Å². The van der Waals surface area contributed by atoms with Gasteiger partial charge in [0.15, 0.2) is 11.5 Å². The largest absolute Gasteiger partial charge is 0.489 e. The molecule has 1 aliphatic carbocycles. The second-order valence-electron chi connectivity index (χ2n) is 6.13. The number of hydrogen-bond donors (Lipinski definition) is 1. The van der Waals surface area contributed by atoms with Crippen molar-refractivity contribution >= 4 is 23.2 Å². The molecule has 2 aliphatic rings. The Bertz CT molecular complexity index is 803. The van der Waals surface area contributed by atoms with E-state index in [1.165, 1.54) is 17.5 Å². The molecular weight excluding hydrogens is 326 g/mol. The second-order valence-corrected chi connectivity index (χ2v) is 6.53. The van der Waals surface area contributed by atoms with Gasteiger partial charge in [0.1, 0.15) is 0 Å². The number of rotatable bonds is 2. The number of aryl methyl sites for hydroxylation is 2. The normalized spacial score (nSPS) is 15.5. The van der Waals surface area contributed by atoms with Crippen LogP contribution in [0.5, 0.6) is 11.5 Å². The van der Waals surface area contributed by atoms with Crippen LogP contribution in [0.1, 0.15) is 34.3 Å². The fourth-order valence-corrected chi connectivity index (χ4v) is 3.48. The van der Waals surface area contributed by atoms with Crippen LogP contribution < -0.4 is 14.8 Å². The quantitative estimate of drug-likeness (QED) is 0.887. The molecule has 0 radical (unpaired) electrons. The summed E-state index contributed by atoms with van der Waals surface area (Å²) in [7, 11) is 0. The maximum absolute atomic E-state index is 12.6. The van der Waals surface area contributed by atoms with Crippen LogP contribution in [0.2, 0.25) is 5.02 Å². The first-order valence-corrected chi connectivity index (χ1v) is 8.61. The van der Waals surface area contributed by atoms with Gasteiger partial charge in [0.05, 0.1) is 18.2 Å². The van der Waals surface area contributed by atoms with Gasteiger partial charge in [-0.05, 0) is 54.7 Å². The van der Waals surface area contributed by atoms with E-state index >= 15 is 0 Å². The molecule has 2 aromatic carbocycles. The molecule has 0 bridgehead atoms. The molecule has 0 saturated heterocycles. The van der Waals surface area contributed by atoms with Crippen molar-refractivity contribution in [3.8, 4) is 11.5 Å². The first-order valence-electron chi connectivity index (χ1n) is 8.23. The number of halogens is 1. The van der Waals surface area contributed by atoms with Gasteiger partial charge >= 0.3 is 0 Å². The third-order valence-corrected chi connectivity index (χ3v) is 4.70. The Labute approximate surface area is 145 Å². The molecule has 0 spiro atoms. The van der Waals surface area contributed by atoms with E-state index in [4.69, 9.17) is 21.1 Å². The van der Waals surface area contributed by atoms with Crippen LogP contribution in [-0.2, 0) is 12.8 Å². The number of hydrogen-bond acceptors (Lipinski definition) is 3. The number of carbonyl (C=O) groups excluding carboxylic acids is 1. The topological polar surface area (TPSA) is 47.6 Å². The van der Waals surface area contributed by atoms with Crippen LogP contribution in [0.4, 0.5) is 5.69 Å². The zero-order valence-corrected chi connectivity index (χ0v) is 14.0. The molecule has 2 aromatic rings. The van der Waals surface area contributed by atoms with E-state index < -0.39 is 0 Å². The molecule has 24 heavy (non-hydrogen) atoms. The van der Waals surface area contributed by atoms with Gasteiger partial charge < -0.3 is 14.8 Å². The van der Waals surface area contributed by atoms with Crippen LogP contribution in [0.3, 0.4) is 0 Å². The minimum atomic E-state index is -0.203. The molecule has 0 unspecified atom stereocenters. The van der Waals surface area contributed by atoms with Gasteiger partial charge in [-0.1, -0.05) is 17.7 Å². The molecule has 1 aliphatic heterocycles. The fourth-order valence-electron chi connectivity index (χ4n) is 3.21. The summed E-state index contributed by atoms with van der Waals surface area (Å²) in [5.41, 5.74) is 3.98. The summed E-state index contributed by atoms with van der Waals surface area (Å²) >= 11 is 6.26. The summed E-state index contributed by atoms with van der Waals surface area (Å²) in [4.78, 5) is 12.6. The second kappa shape index (κ2) is 6.36. The third kappa shape index (κ3) is 2.94.